The summed E-state index contributed by atoms with van der Waals surface area (Å²) < 4.78 is 0.992. The van der Waals surface area contributed by atoms with Gasteiger partial charge in [-0.05, 0) is 47.7 Å². The van der Waals surface area contributed by atoms with Gasteiger partial charge in [0.1, 0.15) is 0 Å². The molecule has 4 heteroatoms. The van der Waals surface area contributed by atoms with E-state index < -0.39 is 0 Å². The Hall–Kier alpha value is -0.160. The first-order valence-electron chi connectivity index (χ1n) is 7.42. The third kappa shape index (κ3) is 11.4. The van der Waals surface area contributed by atoms with Crippen LogP contribution in [0.5, 0.6) is 0 Å². The summed E-state index contributed by atoms with van der Waals surface area (Å²) in [6.45, 7) is 11.5. The fraction of sp³-hybridized carbons (Fsp3) is 0.933. The molecule has 0 bridgehead atoms. The van der Waals surface area contributed by atoms with Gasteiger partial charge < -0.3 is 14.3 Å². The average molecular weight is 272 g/mol. The van der Waals surface area contributed by atoms with E-state index in [0.29, 0.717) is 0 Å². The minimum Gasteiger partial charge on any atom is -0.459 e. The van der Waals surface area contributed by atoms with Gasteiger partial charge in [-0.15, -0.1) is 13.5 Å². The highest BCUT2D eigenvalue weighted by molar-refractivity contribution is 4.61. The van der Waals surface area contributed by atoms with Crippen LogP contribution in [0.3, 0.4) is 0 Å². The van der Waals surface area contributed by atoms with Crippen molar-refractivity contribution in [3.8, 4) is 0 Å². The Morgan fingerprint density at radius 3 is 1.84 bits per heavy atom. The van der Waals surface area contributed by atoms with Crippen LogP contribution >= 0.6 is 0 Å². The van der Waals surface area contributed by atoms with E-state index in [2.05, 4.69) is 70.5 Å². The molecule has 0 unspecified atom stereocenters. The van der Waals surface area contributed by atoms with Gasteiger partial charge >= 0.3 is 0 Å². The summed E-state index contributed by atoms with van der Waals surface area (Å²) in [4.78, 5) is 7.14. The Morgan fingerprint density at radius 1 is 0.789 bits per heavy atom. The lowest BCUT2D eigenvalue weighted by Crippen LogP contribution is -2.44. The lowest BCUT2D eigenvalue weighted by molar-refractivity contribution is -0.859. The van der Waals surface area contributed by atoms with Crippen LogP contribution in [0.1, 0.15) is 13.3 Å². The molecular weight excluding hydrogens is 236 g/mol. The normalized spacial score (nSPS) is 12.9. The molecular formula is C15H36N4. The Labute approximate surface area is 121 Å². The number of rotatable bonds is 11. The van der Waals surface area contributed by atoms with Gasteiger partial charge in [0.15, 0.2) is 0 Å². The van der Waals surface area contributed by atoms with Crippen molar-refractivity contribution in [3.63, 3.8) is 0 Å². The van der Waals surface area contributed by atoms with Gasteiger partial charge in [-0.1, -0.05) is 0 Å². The van der Waals surface area contributed by atoms with Gasteiger partial charge in [-0.2, -0.15) is 0 Å². The highest BCUT2D eigenvalue weighted by Gasteiger charge is 2.10. The second kappa shape index (κ2) is 9.70. The van der Waals surface area contributed by atoms with Gasteiger partial charge in [0, 0.05) is 33.7 Å². The van der Waals surface area contributed by atoms with E-state index in [0.717, 1.165) is 11.0 Å². The number of hydrogen-bond donors (Lipinski definition) is 0. The third-order valence-electron chi connectivity index (χ3n) is 3.63. The molecule has 0 N–H and O–H groups in total. The maximum absolute atomic E-state index is 2.60. The molecule has 0 saturated carbocycles. The van der Waals surface area contributed by atoms with Crippen molar-refractivity contribution in [2.24, 2.45) is 0 Å². The number of likely N-dealkylation sites (N-methyl/N-ethyl adjacent to an activating group) is 2. The fourth-order valence-electron chi connectivity index (χ4n) is 1.82. The zero-order valence-electron chi connectivity index (χ0n) is 14.3. The minimum atomic E-state index is 0.992. The quantitative estimate of drug-likeness (QED) is 0.411. The van der Waals surface area contributed by atoms with Crippen LogP contribution in [-0.4, -0.2) is 101 Å². The van der Waals surface area contributed by atoms with Crippen LogP contribution in [0.4, 0.5) is 0 Å². The van der Waals surface area contributed by atoms with E-state index in [-0.39, 0.29) is 0 Å². The van der Waals surface area contributed by atoms with Crippen molar-refractivity contribution in [1.82, 2.24) is 14.7 Å². The van der Waals surface area contributed by atoms with Crippen molar-refractivity contribution in [3.05, 3.63) is 6.54 Å². The van der Waals surface area contributed by atoms with E-state index in [1.54, 1.807) is 0 Å². The Bertz CT molecular complexity index is 214. The second-order valence-corrected chi connectivity index (χ2v) is 6.56. The van der Waals surface area contributed by atoms with E-state index in [4.69, 9.17) is 0 Å². The third-order valence-corrected chi connectivity index (χ3v) is 3.63. The summed E-state index contributed by atoms with van der Waals surface area (Å²) >= 11 is 0. The number of hydrogen-bond acceptors (Lipinski definition) is 3. The summed E-state index contributed by atoms with van der Waals surface area (Å²) in [5, 5.41) is 0. The molecule has 19 heavy (non-hydrogen) atoms. The molecule has 116 valence electrons. The Morgan fingerprint density at radius 2 is 1.37 bits per heavy atom. The maximum atomic E-state index is 2.60. The van der Waals surface area contributed by atoms with Crippen molar-refractivity contribution < 1.29 is 4.48 Å². The molecule has 0 fully saturated rings. The first-order chi connectivity index (χ1) is 8.76. The smallest absolute Gasteiger partial charge is 0.0672 e. The standard InChI is InChI=1S/C15H36N4/c1-8-19(6,7)15-14-18(13-12-17(4)5)11-9-10-16(2)3/h8H,9-15H2,1-7H3. The zero-order valence-corrected chi connectivity index (χ0v) is 14.3. The summed E-state index contributed by atoms with van der Waals surface area (Å²) in [6, 6.07) is 0. The summed E-state index contributed by atoms with van der Waals surface area (Å²) in [5.41, 5.74) is 0. The average Bonchev–Trinajstić information content (AvgIpc) is 2.31. The molecule has 0 radical (unpaired) electrons. The Balaban J connectivity index is 4.09. The van der Waals surface area contributed by atoms with E-state index >= 15 is 0 Å². The largest absolute Gasteiger partial charge is 0.459 e. The van der Waals surface area contributed by atoms with Crippen molar-refractivity contribution >= 4 is 0 Å². The van der Waals surface area contributed by atoms with Crippen LogP contribution in [0.2, 0.25) is 0 Å². The molecule has 0 aliphatic heterocycles. The molecule has 0 aliphatic rings. The minimum absolute atomic E-state index is 0.992. The monoisotopic (exact) mass is 272 g/mol. The second-order valence-electron chi connectivity index (χ2n) is 6.56. The van der Waals surface area contributed by atoms with Crippen LogP contribution in [-0.2, 0) is 0 Å². The SMILES string of the molecule is C[CH-][N+](C)(C)CCN(CCCN(C)C)CCN(C)C. The molecule has 0 amide bonds. The fourth-order valence-corrected chi connectivity index (χ4v) is 1.82. The summed E-state index contributed by atoms with van der Waals surface area (Å²) in [6.07, 6.45) is 1.25. The lowest BCUT2D eigenvalue weighted by Gasteiger charge is -2.39. The predicted octanol–water partition coefficient (Wildman–Crippen LogP) is 1.06. The molecule has 0 aliphatic carbocycles. The highest BCUT2D eigenvalue weighted by atomic mass is 15.3. The van der Waals surface area contributed by atoms with Crippen LogP contribution in [0.15, 0.2) is 0 Å². The number of nitrogens with zero attached hydrogens (tertiary/aromatic N) is 4. The van der Waals surface area contributed by atoms with Crippen LogP contribution in [0.25, 0.3) is 0 Å². The lowest BCUT2D eigenvalue weighted by atomic mass is 10.3. The van der Waals surface area contributed by atoms with Gasteiger partial charge in [0.25, 0.3) is 0 Å². The summed E-state index contributed by atoms with van der Waals surface area (Å²) in [5.74, 6) is 0. The van der Waals surface area contributed by atoms with Gasteiger partial charge in [0.05, 0.1) is 6.54 Å². The molecule has 0 rings (SSSR count). The van der Waals surface area contributed by atoms with Crippen molar-refractivity contribution in [2.45, 2.75) is 13.3 Å². The van der Waals surface area contributed by atoms with Gasteiger partial charge in [-0.3, -0.25) is 4.90 Å². The van der Waals surface area contributed by atoms with Crippen molar-refractivity contribution in [1.29, 1.82) is 0 Å². The molecule has 0 saturated heterocycles. The van der Waals surface area contributed by atoms with Crippen LogP contribution < -0.4 is 0 Å². The molecule has 4 nitrogen and oxygen atoms in total. The van der Waals surface area contributed by atoms with Crippen molar-refractivity contribution in [2.75, 3.05) is 81.6 Å². The van der Waals surface area contributed by atoms with E-state index in [1.165, 1.54) is 39.1 Å². The predicted molar refractivity (Wildman–Crippen MR) is 85.1 cm³/mol. The first kappa shape index (κ1) is 18.8. The molecule has 0 aromatic rings. The van der Waals surface area contributed by atoms with Gasteiger partial charge in [-0.25, -0.2) is 0 Å². The maximum Gasteiger partial charge on any atom is 0.0672 e. The van der Waals surface area contributed by atoms with Crippen LogP contribution in [0, 0.1) is 6.54 Å². The topological polar surface area (TPSA) is 9.72 Å². The van der Waals surface area contributed by atoms with Gasteiger partial charge in [0.2, 0.25) is 0 Å². The molecule has 0 aromatic carbocycles. The first-order valence-corrected chi connectivity index (χ1v) is 7.42. The molecule has 0 spiro atoms. The molecule has 0 heterocycles. The molecule has 0 atom stereocenters. The Kier molecular flexibility index (Phi) is 9.62. The van der Waals surface area contributed by atoms with E-state index in [9.17, 15) is 0 Å². The highest BCUT2D eigenvalue weighted by Crippen LogP contribution is 2.02. The van der Waals surface area contributed by atoms with E-state index in [1.807, 2.05) is 0 Å². The number of quaternary nitrogens is 1. The molecule has 0 aromatic heterocycles. The summed E-state index contributed by atoms with van der Waals surface area (Å²) in [7, 11) is 13.1. The zero-order chi connectivity index (χ0) is 14.9.